The molecule has 5 heteroatoms. The Kier molecular flexibility index (Phi) is 3.85. The number of aromatic amines is 1. The molecule has 1 amide bonds. The molecule has 0 spiro atoms. The zero-order chi connectivity index (χ0) is 13.8. The lowest BCUT2D eigenvalue weighted by Crippen LogP contribution is -2.12. The summed E-state index contributed by atoms with van der Waals surface area (Å²) in [4.78, 5) is 25.4. The number of aromatic nitrogens is 1. The fourth-order valence-electron chi connectivity index (χ4n) is 2.04. The molecule has 0 saturated heterocycles. The molecule has 1 aromatic heterocycles. The molecule has 3 N–H and O–H groups in total. The molecule has 0 unspecified atom stereocenters. The monoisotopic (exact) mass is 260 g/mol. The Labute approximate surface area is 110 Å². The van der Waals surface area contributed by atoms with E-state index < -0.39 is 5.97 Å². The van der Waals surface area contributed by atoms with Crippen molar-refractivity contribution in [2.45, 2.75) is 26.2 Å². The quantitative estimate of drug-likeness (QED) is 0.773. The first-order chi connectivity index (χ1) is 9.08. The second-order valence-corrected chi connectivity index (χ2v) is 4.47. The van der Waals surface area contributed by atoms with Crippen LogP contribution in [0.3, 0.4) is 0 Å². The van der Waals surface area contributed by atoms with Crippen LogP contribution in [0.25, 0.3) is 10.9 Å². The van der Waals surface area contributed by atoms with E-state index in [1.807, 2.05) is 31.2 Å². The predicted octanol–water partition coefficient (Wildman–Crippen LogP) is 2.67. The van der Waals surface area contributed by atoms with Gasteiger partial charge in [-0.25, -0.2) is 0 Å². The number of hydrogen-bond acceptors (Lipinski definition) is 2. The molecule has 2 rings (SSSR count). The summed E-state index contributed by atoms with van der Waals surface area (Å²) in [6, 6.07) is 7.72. The van der Waals surface area contributed by atoms with Crippen molar-refractivity contribution >= 4 is 28.5 Å². The molecule has 1 heterocycles. The average Bonchev–Trinajstić information content (AvgIpc) is 2.66. The van der Waals surface area contributed by atoms with Gasteiger partial charge in [-0.15, -0.1) is 0 Å². The Bertz CT molecular complexity index is 616. The van der Waals surface area contributed by atoms with Gasteiger partial charge in [-0.1, -0.05) is 18.2 Å². The molecule has 0 atom stereocenters. The zero-order valence-electron chi connectivity index (χ0n) is 10.7. The van der Waals surface area contributed by atoms with Gasteiger partial charge in [0.25, 0.3) is 0 Å². The van der Waals surface area contributed by atoms with E-state index >= 15 is 0 Å². The van der Waals surface area contributed by atoms with Gasteiger partial charge in [-0.2, -0.15) is 0 Å². The van der Waals surface area contributed by atoms with E-state index in [0.717, 1.165) is 22.3 Å². The van der Waals surface area contributed by atoms with Gasteiger partial charge in [-0.3, -0.25) is 9.59 Å². The smallest absolute Gasteiger partial charge is 0.303 e. The minimum absolute atomic E-state index is 0.0142. The lowest BCUT2D eigenvalue weighted by molar-refractivity contribution is -0.137. The van der Waals surface area contributed by atoms with E-state index in [1.165, 1.54) is 0 Å². The van der Waals surface area contributed by atoms with Gasteiger partial charge in [0, 0.05) is 29.4 Å². The van der Waals surface area contributed by atoms with E-state index in [2.05, 4.69) is 10.3 Å². The molecular weight excluding hydrogens is 244 g/mol. The topological polar surface area (TPSA) is 82.2 Å². The number of H-pyrrole nitrogens is 1. The molecule has 0 saturated carbocycles. The molecule has 0 radical (unpaired) electrons. The predicted molar refractivity (Wildman–Crippen MR) is 73.2 cm³/mol. The summed E-state index contributed by atoms with van der Waals surface area (Å²) in [6.07, 6.45) is 0.577. The van der Waals surface area contributed by atoms with Crippen LogP contribution in [0.15, 0.2) is 24.3 Å². The first-order valence-electron chi connectivity index (χ1n) is 6.17. The number of aryl methyl sites for hydroxylation is 1. The van der Waals surface area contributed by atoms with Crippen molar-refractivity contribution in [2.24, 2.45) is 0 Å². The maximum atomic E-state index is 11.8. The van der Waals surface area contributed by atoms with Crippen molar-refractivity contribution in [2.75, 3.05) is 5.32 Å². The first-order valence-corrected chi connectivity index (χ1v) is 6.17. The molecule has 0 aliphatic heterocycles. The van der Waals surface area contributed by atoms with Gasteiger partial charge in [0.1, 0.15) is 0 Å². The van der Waals surface area contributed by atoms with Gasteiger partial charge < -0.3 is 15.4 Å². The maximum Gasteiger partial charge on any atom is 0.303 e. The lowest BCUT2D eigenvalue weighted by atomic mass is 10.2. The van der Waals surface area contributed by atoms with E-state index in [0.29, 0.717) is 6.42 Å². The summed E-state index contributed by atoms with van der Waals surface area (Å²) in [7, 11) is 0. The standard InChI is InChI=1S/C14H16N2O3/c1-9-14(10-5-2-3-6-11(10)15-9)16-12(17)7-4-8-13(18)19/h2-3,5-6,15H,4,7-8H2,1H3,(H,16,17)(H,18,19). The molecule has 5 nitrogen and oxygen atoms in total. The van der Waals surface area contributed by atoms with Crippen molar-refractivity contribution in [1.82, 2.24) is 4.98 Å². The number of anilines is 1. The number of hydrogen-bond donors (Lipinski definition) is 3. The van der Waals surface area contributed by atoms with Crippen LogP contribution in [0.5, 0.6) is 0 Å². The fourth-order valence-corrected chi connectivity index (χ4v) is 2.04. The number of amides is 1. The molecule has 0 fully saturated rings. The lowest BCUT2D eigenvalue weighted by Gasteiger charge is -2.04. The third kappa shape index (κ3) is 3.13. The number of carboxylic acids is 1. The van der Waals surface area contributed by atoms with Crippen LogP contribution in [0.4, 0.5) is 5.69 Å². The number of benzene rings is 1. The van der Waals surface area contributed by atoms with Gasteiger partial charge >= 0.3 is 5.97 Å². The highest BCUT2D eigenvalue weighted by Gasteiger charge is 2.11. The fraction of sp³-hybridized carbons (Fsp3) is 0.286. The molecular formula is C14H16N2O3. The van der Waals surface area contributed by atoms with Crippen molar-refractivity contribution in [3.05, 3.63) is 30.0 Å². The number of carbonyl (C=O) groups is 2. The Hall–Kier alpha value is -2.30. The van der Waals surface area contributed by atoms with Crippen molar-refractivity contribution in [3.8, 4) is 0 Å². The Balaban J connectivity index is 2.06. The van der Waals surface area contributed by atoms with Crippen LogP contribution < -0.4 is 5.32 Å². The number of carbonyl (C=O) groups excluding carboxylic acids is 1. The normalized spacial score (nSPS) is 10.6. The highest BCUT2D eigenvalue weighted by molar-refractivity contribution is 6.03. The van der Waals surface area contributed by atoms with Crippen LogP contribution in [0.1, 0.15) is 25.0 Å². The highest BCUT2D eigenvalue weighted by Crippen LogP contribution is 2.27. The van der Waals surface area contributed by atoms with Crippen molar-refractivity contribution in [1.29, 1.82) is 0 Å². The summed E-state index contributed by atoms with van der Waals surface area (Å²) in [5.41, 5.74) is 2.64. The first kappa shape index (κ1) is 13.1. The van der Waals surface area contributed by atoms with Gasteiger partial charge in [0.2, 0.25) is 5.91 Å². The summed E-state index contributed by atoms with van der Waals surface area (Å²) >= 11 is 0. The van der Waals surface area contributed by atoms with Crippen LogP contribution >= 0.6 is 0 Å². The Morgan fingerprint density at radius 3 is 2.74 bits per heavy atom. The van der Waals surface area contributed by atoms with Gasteiger partial charge in [0.15, 0.2) is 0 Å². The van der Waals surface area contributed by atoms with Gasteiger partial charge in [-0.05, 0) is 19.4 Å². The number of fused-ring (bicyclic) bond motifs is 1. The number of para-hydroxylation sites is 1. The molecule has 0 bridgehead atoms. The number of rotatable bonds is 5. The van der Waals surface area contributed by atoms with Crippen molar-refractivity contribution in [3.63, 3.8) is 0 Å². The third-order valence-electron chi connectivity index (χ3n) is 2.95. The third-order valence-corrected chi connectivity index (χ3v) is 2.95. The van der Waals surface area contributed by atoms with Crippen LogP contribution in [0.2, 0.25) is 0 Å². The summed E-state index contributed by atoms with van der Waals surface area (Å²) in [5.74, 6) is -1.04. The molecule has 1 aromatic carbocycles. The second kappa shape index (κ2) is 5.56. The number of carboxylic acid groups (broad SMARTS) is 1. The molecule has 0 aliphatic carbocycles. The van der Waals surface area contributed by atoms with Gasteiger partial charge in [0.05, 0.1) is 5.69 Å². The summed E-state index contributed by atoms with van der Waals surface area (Å²) < 4.78 is 0. The SMILES string of the molecule is Cc1[nH]c2ccccc2c1NC(=O)CCCC(=O)O. The largest absolute Gasteiger partial charge is 0.481 e. The van der Waals surface area contributed by atoms with Crippen LogP contribution in [-0.4, -0.2) is 22.0 Å². The Morgan fingerprint density at radius 2 is 2.00 bits per heavy atom. The number of nitrogens with one attached hydrogen (secondary N) is 2. The van der Waals surface area contributed by atoms with Crippen molar-refractivity contribution < 1.29 is 14.7 Å². The maximum absolute atomic E-state index is 11.8. The molecule has 2 aromatic rings. The highest BCUT2D eigenvalue weighted by atomic mass is 16.4. The Morgan fingerprint density at radius 1 is 1.26 bits per heavy atom. The molecule has 0 aliphatic rings. The summed E-state index contributed by atoms with van der Waals surface area (Å²) in [5, 5.41) is 12.3. The second-order valence-electron chi connectivity index (χ2n) is 4.47. The molecule has 100 valence electrons. The van der Waals surface area contributed by atoms with E-state index in [9.17, 15) is 9.59 Å². The van der Waals surface area contributed by atoms with E-state index in [-0.39, 0.29) is 18.7 Å². The van der Waals surface area contributed by atoms with E-state index in [4.69, 9.17) is 5.11 Å². The van der Waals surface area contributed by atoms with E-state index in [1.54, 1.807) is 0 Å². The summed E-state index contributed by atoms with van der Waals surface area (Å²) in [6.45, 7) is 1.90. The molecule has 19 heavy (non-hydrogen) atoms. The average molecular weight is 260 g/mol. The van der Waals surface area contributed by atoms with Crippen LogP contribution in [-0.2, 0) is 9.59 Å². The zero-order valence-corrected chi connectivity index (χ0v) is 10.7. The van der Waals surface area contributed by atoms with Crippen LogP contribution in [0, 0.1) is 6.92 Å². The number of aliphatic carboxylic acids is 1. The minimum Gasteiger partial charge on any atom is -0.481 e. The minimum atomic E-state index is -0.879.